The molecule has 0 spiro atoms. The number of hydrogen-bond acceptors (Lipinski definition) is 3. The number of carbonyl (C=O) groups excluding carboxylic acids is 2. The van der Waals surface area contributed by atoms with E-state index in [1.807, 2.05) is 0 Å². The number of carbonyl (C=O) groups is 2. The van der Waals surface area contributed by atoms with Gasteiger partial charge in [0.2, 0.25) is 11.8 Å². The molecule has 0 bridgehead atoms. The van der Waals surface area contributed by atoms with Crippen LogP contribution in [0.3, 0.4) is 0 Å². The molecule has 2 rings (SSSR count). The van der Waals surface area contributed by atoms with Gasteiger partial charge in [-0.25, -0.2) is 0 Å². The number of benzene rings is 1. The number of nitrogens with one attached hydrogen (secondary N) is 2. The van der Waals surface area contributed by atoms with Gasteiger partial charge in [-0.05, 0) is 11.6 Å². The molecule has 1 aliphatic heterocycles. The van der Waals surface area contributed by atoms with Crippen LogP contribution in [0, 0.1) is 0 Å². The summed E-state index contributed by atoms with van der Waals surface area (Å²) in [5.74, 6) is -0.830. The molecule has 1 aromatic carbocycles. The summed E-state index contributed by atoms with van der Waals surface area (Å²) >= 11 is 0. The molecule has 2 N–H and O–H groups in total. The molecule has 0 saturated carbocycles. The zero-order chi connectivity index (χ0) is 14.0. The van der Waals surface area contributed by atoms with Crippen LogP contribution < -0.4 is 10.6 Å². The summed E-state index contributed by atoms with van der Waals surface area (Å²) in [6.45, 7) is 0.0925. The molecule has 1 aliphatic rings. The van der Waals surface area contributed by atoms with E-state index in [4.69, 9.17) is 0 Å². The van der Waals surface area contributed by atoms with E-state index in [0.717, 1.165) is 12.1 Å². The Morgan fingerprint density at radius 2 is 2.05 bits per heavy atom. The van der Waals surface area contributed by atoms with Gasteiger partial charge in [-0.3, -0.25) is 14.9 Å². The molecule has 1 aromatic rings. The van der Waals surface area contributed by atoms with Gasteiger partial charge in [0.25, 0.3) is 0 Å². The van der Waals surface area contributed by atoms with Crippen LogP contribution in [0.4, 0.5) is 13.2 Å². The third kappa shape index (κ3) is 3.31. The smallest absolute Gasteiger partial charge is 0.301 e. The number of rotatable bonds is 3. The lowest BCUT2D eigenvalue weighted by Gasteiger charge is -2.11. The topological polar surface area (TPSA) is 58.2 Å². The van der Waals surface area contributed by atoms with Gasteiger partial charge >= 0.3 is 6.18 Å². The zero-order valence-electron chi connectivity index (χ0n) is 9.75. The quantitative estimate of drug-likeness (QED) is 0.813. The maximum absolute atomic E-state index is 12.5. The standard InChI is InChI=1S/C12H11F3N2O2/c13-12(14,15)8-3-1-2-7(4-8)6-16-9-5-10(18)17-11(9)19/h1-4,9,16H,5-6H2,(H,17,18,19). The second kappa shape index (κ2) is 5.00. The van der Waals surface area contributed by atoms with Crippen LogP contribution in [0.25, 0.3) is 0 Å². The highest BCUT2D eigenvalue weighted by Crippen LogP contribution is 2.29. The first-order valence-electron chi connectivity index (χ1n) is 5.59. The molecule has 1 fully saturated rings. The van der Waals surface area contributed by atoms with Crippen LogP contribution in [0.2, 0.25) is 0 Å². The summed E-state index contributed by atoms with van der Waals surface area (Å²) in [6, 6.07) is 4.15. The van der Waals surface area contributed by atoms with Crippen LogP contribution in [-0.4, -0.2) is 17.9 Å². The minimum absolute atomic E-state index is 0.0117. The van der Waals surface area contributed by atoms with Crippen molar-refractivity contribution in [1.29, 1.82) is 0 Å². The molecular formula is C12H11F3N2O2. The maximum atomic E-state index is 12.5. The van der Waals surface area contributed by atoms with Crippen molar-refractivity contribution in [2.24, 2.45) is 0 Å². The van der Waals surface area contributed by atoms with E-state index < -0.39 is 23.7 Å². The van der Waals surface area contributed by atoms with Gasteiger partial charge in [0, 0.05) is 6.54 Å². The van der Waals surface area contributed by atoms with E-state index in [2.05, 4.69) is 10.6 Å². The molecule has 1 saturated heterocycles. The number of imide groups is 1. The summed E-state index contributed by atoms with van der Waals surface area (Å²) in [6.07, 6.45) is -4.38. The van der Waals surface area contributed by atoms with Crippen LogP contribution in [0.15, 0.2) is 24.3 Å². The van der Waals surface area contributed by atoms with Crippen molar-refractivity contribution in [2.75, 3.05) is 0 Å². The van der Waals surface area contributed by atoms with Gasteiger partial charge in [-0.1, -0.05) is 18.2 Å². The Morgan fingerprint density at radius 3 is 2.63 bits per heavy atom. The van der Waals surface area contributed by atoms with Crippen molar-refractivity contribution in [2.45, 2.75) is 25.2 Å². The zero-order valence-corrected chi connectivity index (χ0v) is 9.75. The average molecular weight is 272 g/mol. The summed E-state index contributed by atoms with van der Waals surface area (Å²) in [7, 11) is 0. The van der Waals surface area contributed by atoms with Gasteiger partial charge in [-0.2, -0.15) is 13.2 Å². The third-order valence-corrected chi connectivity index (χ3v) is 2.78. The van der Waals surface area contributed by atoms with E-state index in [1.54, 1.807) is 0 Å². The number of amides is 2. The van der Waals surface area contributed by atoms with Crippen LogP contribution in [-0.2, 0) is 22.3 Å². The first kappa shape index (κ1) is 13.5. The molecule has 2 amide bonds. The summed E-state index contributed by atoms with van der Waals surface area (Å²) in [5.41, 5.74) is -0.333. The van der Waals surface area contributed by atoms with Crippen molar-refractivity contribution >= 4 is 11.8 Å². The third-order valence-electron chi connectivity index (χ3n) is 2.78. The van der Waals surface area contributed by atoms with Crippen LogP contribution in [0.5, 0.6) is 0 Å². The van der Waals surface area contributed by atoms with Gasteiger partial charge in [0.1, 0.15) is 0 Å². The van der Waals surface area contributed by atoms with Crippen molar-refractivity contribution in [3.63, 3.8) is 0 Å². The van der Waals surface area contributed by atoms with Gasteiger partial charge in [0.15, 0.2) is 0 Å². The van der Waals surface area contributed by atoms with Crippen molar-refractivity contribution in [3.05, 3.63) is 35.4 Å². The Labute approximate surface area is 107 Å². The number of halogens is 3. The molecule has 1 atom stereocenters. The molecule has 102 valence electrons. The molecule has 1 unspecified atom stereocenters. The number of hydrogen-bond donors (Lipinski definition) is 2. The van der Waals surface area contributed by atoms with E-state index in [-0.39, 0.29) is 18.9 Å². The Balaban J connectivity index is 2.00. The summed E-state index contributed by atoms with van der Waals surface area (Å²) in [4.78, 5) is 22.2. The van der Waals surface area contributed by atoms with Crippen LogP contribution in [0.1, 0.15) is 17.5 Å². The molecule has 7 heteroatoms. The second-order valence-electron chi connectivity index (χ2n) is 4.25. The van der Waals surface area contributed by atoms with E-state index in [9.17, 15) is 22.8 Å². The lowest BCUT2D eigenvalue weighted by Crippen LogP contribution is -2.35. The lowest BCUT2D eigenvalue weighted by molar-refractivity contribution is -0.137. The average Bonchev–Trinajstić information content (AvgIpc) is 2.64. The van der Waals surface area contributed by atoms with E-state index in [0.29, 0.717) is 5.56 Å². The molecule has 0 radical (unpaired) electrons. The molecule has 0 aromatic heterocycles. The van der Waals surface area contributed by atoms with Crippen molar-refractivity contribution in [1.82, 2.24) is 10.6 Å². The monoisotopic (exact) mass is 272 g/mol. The Bertz CT molecular complexity index is 514. The molecular weight excluding hydrogens is 261 g/mol. The summed E-state index contributed by atoms with van der Waals surface area (Å²) in [5, 5.41) is 4.87. The molecule has 1 heterocycles. The first-order chi connectivity index (χ1) is 8.86. The van der Waals surface area contributed by atoms with E-state index >= 15 is 0 Å². The van der Waals surface area contributed by atoms with Gasteiger partial charge < -0.3 is 5.32 Å². The van der Waals surface area contributed by atoms with Crippen molar-refractivity contribution < 1.29 is 22.8 Å². The highest BCUT2D eigenvalue weighted by Gasteiger charge is 2.31. The molecule has 4 nitrogen and oxygen atoms in total. The predicted molar refractivity (Wildman–Crippen MR) is 59.8 cm³/mol. The minimum atomic E-state index is -4.39. The SMILES string of the molecule is O=C1CC(NCc2cccc(C(F)(F)F)c2)C(=O)N1. The summed E-state index contributed by atoms with van der Waals surface area (Å²) < 4.78 is 37.5. The minimum Gasteiger partial charge on any atom is -0.301 e. The molecule has 0 aliphatic carbocycles. The Morgan fingerprint density at radius 1 is 1.32 bits per heavy atom. The fourth-order valence-electron chi connectivity index (χ4n) is 1.82. The van der Waals surface area contributed by atoms with Gasteiger partial charge in [-0.15, -0.1) is 0 Å². The highest BCUT2D eigenvalue weighted by atomic mass is 19.4. The second-order valence-corrected chi connectivity index (χ2v) is 4.25. The fourth-order valence-corrected chi connectivity index (χ4v) is 1.82. The Kier molecular flexibility index (Phi) is 3.57. The number of alkyl halides is 3. The van der Waals surface area contributed by atoms with Crippen molar-refractivity contribution in [3.8, 4) is 0 Å². The lowest BCUT2D eigenvalue weighted by atomic mass is 10.1. The normalized spacial score (nSPS) is 19.6. The van der Waals surface area contributed by atoms with Crippen LogP contribution >= 0.6 is 0 Å². The predicted octanol–water partition coefficient (Wildman–Crippen LogP) is 1.21. The fraction of sp³-hybridized carbons (Fsp3) is 0.333. The highest BCUT2D eigenvalue weighted by molar-refractivity contribution is 6.05. The first-order valence-corrected chi connectivity index (χ1v) is 5.59. The molecule has 19 heavy (non-hydrogen) atoms. The largest absolute Gasteiger partial charge is 0.416 e. The Hall–Kier alpha value is -1.89. The van der Waals surface area contributed by atoms with E-state index in [1.165, 1.54) is 12.1 Å². The van der Waals surface area contributed by atoms with Gasteiger partial charge in [0.05, 0.1) is 18.0 Å². The maximum Gasteiger partial charge on any atom is 0.416 e.